The molecular weight excluding hydrogens is 302 g/mol. The standard InChI is InChI=1S/C15H20BrN3/c1-9-6-13(16)8-14(7-9)17-10(2)15-11(3)18-19(5)12(15)4/h6-8,10,17H,1-5H3. The highest BCUT2D eigenvalue weighted by molar-refractivity contribution is 9.10. The van der Waals surface area contributed by atoms with Gasteiger partial charge in [0.2, 0.25) is 0 Å². The third kappa shape index (κ3) is 3.00. The van der Waals surface area contributed by atoms with Crippen LogP contribution in [0.25, 0.3) is 0 Å². The smallest absolute Gasteiger partial charge is 0.0649 e. The first kappa shape index (κ1) is 14.1. The maximum absolute atomic E-state index is 4.48. The zero-order valence-corrected chi connectivity index (χ0v) is 13.7. The van der Waals surface area contributed by atoms with Gasteiger partial charge in [0.1, 0.15) is 0 Å². The molecule has 1 aromatic heterocycles. The second kappa shape index (κ2) is 5.37. The molecule has 1 atom stereocenters. The topological polar surface area (TPSA) is 29.9 Å². The predicted octanol–water partition coefficient (Wildman–Crippen LogP) is 4.28. The van der Waals surface area contributed by atoms with Crippen LogP contribution in [0.2, 0.25) is 0 Å². The highest BCUT2D eigenvalue weighted by Crippen LogP contribution is 2.26. The van der Waals surface area contributed by atoms with E-state index < -0.39 is 0 Å². The van der Waals surface area contributed by atoms with Crippen molar-refractivity contribution in [1.82, 2.24) is 9.78 Å². The average Bonchev–Trinajstić information content (AvgIpc) is 2.51. The van der Waals surface area contributed by atoms with Crippen LogP contribution in [0.3, 0.4) is 0 Å². The summed E-state index contributed by atoms with van der Waals surface area (Å²) >= 11 is 3.54. The highest BCUT2D eigenvalue weighted by atomic mass is 79.9. The Labute approximate surface area is 123 Å². The maximum Gasteiger partial charge on any atom is 0.0649 e. The van der Waals surface area contributed by atoms with Crippen molar-refractivity contribution >= 4 is 21.6 Å². The Hall–Kier alpha value is -1.29. The van der Waals surface area contributed by atoms with Gasteiger partial charge in [0, 0.05) is 28.5 Å². The molecule has 0 bridgehead atoms. The van der Waals surface area contributed by atoms with E-state index in [4.69, 9.17) is 0 Å². The van der Waals surface area contributed by atoms with E-state index in [-0.39, 0.29) is 6.04 Å². The molecule has 2 aromatic rings. The molecule has 1 aromatic carbocycles. The van der Waals surface area contributed by atoms with Crippen molar-refractivity contribution in [2.75, 3.05) is 5.32 Å². The third-order valence-corrected chi connectivity index (χ3v) is 3.88. The largest absolute Gasteiger partial charge is 0.378 e. The summed E-state index contributed by atoms with van der Waals surface area (Å²) in [5.74, 6) is 0. The molecule has 0 amide bonds. The summed E-state index contributed by atoms with van der Waals surface area (Å²) < 4.78 is 3.04. The SMILES string of the molecule is Cc1cc(Br)cc(NC(C)c2c(C)nn(C)c2C)c1. The van der Waals surface area contributed by atoms with Gasteiger partial charge in [0.05, 0.1) is 11.7 Å². The van der Waals surface area contributed by atoms with Crippen LogP contribution < -0.4 is 5.32 Å². The molecule has 2 rings (SSSR count). The van der Waals surface area contributed by atoms with Crippen LogP contribution in [0.5, 0.6) is 0 Å². The molecule has 0 aliphatic rings. The quantitative estimate of drug-likeness (QED) is 0.914. The van der Waals surface area contributed by atoms with Gasteiger partial charge in [-0.15, -0.1) is 0 Å². The molecule has 3 nitrogen and oxygen atoms in total. The van der Waals surface area contributed by atoms with E-state index in [0.29, 0.717) is 0 Å². The molecule has 19 heavy (non-hydrogen) atoms. The van der Waals surface area contributed by atoms with Gasteiger partial charge in [-0.3, -0.25) is 4.68 Å². The molecule has 0 radical (unpaired) electrons. The van der Waals surface area contributed by atoms with Gasteiger partial charge in [-0.2, -0.15) is 5.10 Å². The average molecular weight is 322 g/mol. The Morgan fingerprint density at radius 2 is 1.89 bits per heavy atom. The number of aryl methyl sites for hydroxylation is 3. The number of aromatic nitrogens is 2. The molecule has 102 valence electrons. The Morgan fingerprint density at radius 1 is 1.21 bits per heavy atom. The molecule has 0 aliphatic heterocycles. The Bertz CT molecular complexity index is 581. The fourth-order valence-corrected chi connectivity index (χ4v) is 3.17. The second-order valence-corrected chi connectivity index (χ2v) is 6.01. The van der Waals surface area contributed by atoms with E-state index in [2.05, 4.69) is 72.2 Å². The van der Waals surface area contributed by atoms with Crippen LogP contribution in [0, 0.1) is 20.8 Å². The Morgan fingerprint density at radius 3 is 2.42 bits per heavy atom. The first-order valence-electron chi connectivity index (χ1n) is 6.42. The van der Waals surface area contributed by atoms with Crippen LogP contribution in [-0.4, -0.2) is 9.78 Å². The number of nitrogens with one attached hydrogen (secondary N) is 1. The van der Waals surface area contributed by atoms with Gasteiger partial charge in [0.15, 0.2) is 0 Å². The van der Waals surface area contributed by atoms with Crippen LogP contribution >= 0.6 is 15.9 Å². The van der Waals surface area contributed by atoms with Crippen molar-refractivity contribution in [2.24, 2.45) is 7.05 Å². The number of hydrogen-bond acceptors (Lipinski definition) is 2. The number of rotatable bonds is 3. The molecule has 0 aliphatic carbocycles. The minimum Gasteiger partial charge on any atom is -0.378 e. The van der Waals surface area contributed by atoms with Gasteiger partial charge >= 0.3 is 0 Å². The van der Waals surface area contributed by atoms with Crippen molar-refractivity contribution in [3.05, 3.63) is 45.2 Å². The van der Waals surface area contributed by atoms with E-state index >= 15 is 0 Å². The number of halogens is 1. The number of benzene rings is 1. The molecule has 1 heterocycles. The Balaban J connectivity index is 2.27. The lowest BCUT2D eigenvalue weighted by molar-refractivity contribution is 0.728. The third-order valence-electron chi connectivity index (χ3n) is 3.42. The van der Waals surface area contributed by atoms with E-state index in [1.165, 1.54) is 16.8 Å². The minimum absolute atomic E-state index is 0.238. The second-order valence-electron chi connectivity index (χ2n) is 5.09. The fraction of sp³-hybridized carbons (Fsp3) is 0.400. The van der Waals surface area contributed by atoms with Gasteiger partial charge in [0.25, 0.3) is 0 Å². The molecule has 4 heteroatoms. The molecule has 1 N–H and O–H groups in total. The number of hydrogen-bond donors (Lipinski definition) is 1. The van der Waals surface area contributed by atoms with Crippen molar-refractivity contribution in [2.45, 2.75) is 33.7 Å². The summed E-state index contributed by atoms with van der Waals surface area (Å²) in [4.78, 5) is 0. The minimum atomic E-state index is 0.238. The van der Waals surface area contributed by atoms with Crippen molar-refractivity contribution in [1.29, 1.82) is 0 Å². The molecule has 0 saturated heterocycles. The zero-order chi connectivity index (χ0) is 14.2. The van der Waals surface area contributed by atoms with Crippen LogP contribution in [0.1, 0.15) is 35.5 Å². The molecule has 1 unspecified atom stereocenters. The lowest BCUT2D eigenvalue weighted by atomic mass is 10.1. The molecule has 0 spiro atoms. The van der Waals surface area contributed by atoms with Crippen LogP contribution in [-0.2, 0) is 7.05 Å². The first-order valence-corrected chi connectivity index (χ1v) is 7.21. The summed E-state index contributed by atoms with van der Waals surface area (Å²) in [6.45, 7) is 8.45. The van der Waals surface area contributed by atoms with Gasteiger partial charge in [-0.1, -0.05) is 15.9 Å². The van der Waals surface area contributed by atoms with Crippen molar-refractivity contribution in [3.8, 4) is 0 Å². The van der Waals surface area contributed by atoms with Crippen LogP contribution in [0.4, 0.5) is 5.69 Å². The van der Waals surface area contributed by atoms with Crippen molar-refractivity contribution < 1.29 is 0 Å². The molecular formula is C15H20BrN3. The lowest BCUT2D eigenvalue weighted by Gasteiger charge is -2.17. The predicted molar refractivity (Wildman–Crippen MR) is 83.6 cm³/mol. The maximum atomic E-state index is 4.48. The normalized spacial score (nSPS) is 12.5. The molecule has 0 saturated carbocycles. The first-order chi connectivity index (χ1) is 8.88. The summed E-state index contributed by atoms with van der Waals surface area (Å²) in [5.41, 5.74) is 5.95. The summed E-state index contributed by atoms with van der Waals surface area (Å²) in [5, 5.41) is 8.03. The monoisotopic (exact) mass is 321 g/mol. The number of anilines is 1. The lowest BCUT2D eigenvalue weighted by Crippen LogP contribution is -2.09. The van der Waals surface area contributed by atoms with Crippen LogP contribution in [0.15, 0.2) is 22.7 Å². The van der Waals surface area contributed by atoms with E-state index in [1.807, 2.05) is 11.7 Å². The zero-order valence-electron chi connectivity index (χ0n) is 12.1. The summed E-state index contributed by atoms with van der Waals surface area (Å²) in [7, 11) is 1.99. The summed E-state index contributed by atoms with van der Waals surface area (Å²) in [6.07, 6.45) is 0. The van der Waals surface area contributed by atoms with Crippen molar-refractivity contribution in [3.63, 3.8) is 0 Å². The number of nitrogens with zero attached hydrogens (tertiary/aromatic N) is 2. The van der Waals surface area contributed by atoms with E-state index in [1.54, 1.807) is 0 Å². The van der Waals surface area contributed by atoms with Gasteiger partial charge < -0.3 is 5.32 Å². The van der Waals surface area contributed by atoms with Gasteiger partial charge in [-0.05, 0) is 51.5 Å². The molecule has 0 fully saturated rings. The summed E-state index contributed by atoms with van der Waals surface area (Å²) in [6, 6.07) is 6.60. The van der Waals surface area contributed by atoms with E-state index in [0.717, 1.165) is 15.9 Å². The highest BCUT2D eigenvalue weighted by Gasteiger charge is 2.16. The fourth-order valence-electron chi connectivity index (χ4n) is 2.56. The van der Waals surface area contributed by atoms with Gasteiger partial charge in [-0.25, -0.2) is 0 Å². The Kier molecular flexibility index (Phi) is 3.99. The van der Waals surface area contributed by atoms with E-state index in [9.17, 15) is 0 Å².